The molecule has 0 aliphatic rings. The highest BCUT2D eigenvalue weighted by Gasteiger charge is 2.15. The second-order valence-electron chi connectivity index (χ2n) is 5.51. The molecule has 2 aromatic heterocycles. The molecule has 0 unspecified atom stereocenters. The number of nitrogens with one attached hydrogen (secondary N) is 2. The molecule has 0 atom stereocenters. The molecule has 0 saturated carbocycles. The van der Waals surface area contributed by atoms with Gasteiger partial charge in [-0.05, 0) is 43.7 Å². The fourth-order valence-electron chi connectivity index (χ4n) is 2.86. The number of aromatic nitrogens is 3. The minimum Gasteiger partial charge on any atom is -0.361 e. The lowest BCUT2D eigenvalue weighted by Crippen LogP contribution is -1.93. The summed E-state index contributed by atoms with van der Waals surface area (Å²) in [6, 6.07) is 14.2. The van der Waals surface area contributed by atoms with Crippen LogP contribution in [0.2, 0.25) is 0 Å². The van der Waals surface area contributed by atoms with E-state index in [9.17, 15) is 0 Å². The topological polar surface area (TPSA) is 66.7 Å². The average molecular weight is 304 g/mol. The predicted molar refractivity (Wildman–Crippen MR) is 90.8 cm³/mol. The third-order valence-corrected chi connectivity index (χ3v) is 3.90. The fraction of sp³-hybridized carbons (Fsp3) is 0.111. The largest absolute Gasteiger partial charge is 0.361 e. The van der Waals surface area contributed by atoms with Gasteiger partial charge in [0.05, 0.1) is 23.2 Å². The Labute approximate surface area is 133 Å². The monoisotopic (exact) mass is 304 g/mol. The van der Waals surface area contributed by atoms with Crippen molar-refractivity contribution < 1.29 is 4.52 Å². The zero-order chi connectivity index (χ0) is 15.8. The number of imidazole rings is 1. The van der Waals surface area contributed by atoms with Gasteiger partial charge < -0.3 is 14.8 Å². The van der Waals surface area contributed by atoms with E-state index in [1.807, 2.05) is 44.2 Å². The molecule has 5 heteroatoms. The van der Waals surface area contributed by atoms with Crippen LogP contribution in [0.25, 0.3) is 22.2 Å². The summed E-state index contributed by atoms with van der Waals surface area (Å²) in [7, 11) is 0. The molecule has 2 aromatic carbocycles. The molecule has 114 valence electrons. The van der Waals surface area contributed by atoms with Gasteiger partial charge in [-0.15, -0.1) is 0 Å². The molecule has 0 fully saturated rings. The highest BCUT2D eigenvalue weighted by molar-refractivity contribution is 5.94. The van der Waals surface area contributed by atoms with E-state index in [1.165, 1.54) is 0 Å². The summed E-state index contributed by atoms with van der Waals surface area (Å²) >= 11 is 0. The first kappa shape index (κ1) is 13.6. The smallest absolute Gasteiger partial charge is 0.141 e. The number of hydrogen-bond donors (Lipinski definition) is 2. The molecule has 23 heavy (non-hydrogen) atoms. The van der Waals surface area contributed by atoms with Crippen molar-refractivity contribution in [2.75, 3.05) is 5.32 Å². The minimum absolute atomic E-state index is 0.812. The molecule has 4 aromatic rings. The van der Waals surface area contributed by atoms with Gasteiger partial charge in [-0.25, -0.2) is 4.98 Å². The number of aromatic amines is 1. The van der Waals surface area contributed by atoms with Crippen LogP contribution in [-0.2, 0) is 0 Å². The van der Waals surface area contributed by atoms with Crippen LogP contribution >= 0.6 is 0 Å². The maximum atomic E-state index is 5.31. The minimum atomic E-state index is 0.812. The molecule has 5 nitrogen and oxygen atoms in total. The van der Waals surface area contributed by atoms with Crippen molar-refractivity contribution in [2.24, 2.45) is 0 Å². The third kappa shape index (κ3) is 2.36. The molecule has 2 N–H and O–H groups in total. The Balaban J connectivity index is 1.88. The van der Waals surface area contributed by atoms with Crippen LogP contribution in [0.1, 0.15) is 11.5 Å². The van der Waals surface area contributed by atoms with Gasteiger partial charge >= 0.3 is 0 Å². The molecule has 0 bridgehead atoms. The summed E-state index contributed by atoms with van der Waals surface area (Å²) in [5.74, 6) is 0.812. The van der Waals surface area contributed by atoms with Gasteiger partial charge in [0.2, 0.25) is 0 Å². The van der Waals surface area contributed by atoms with E-state index in [1.54, 1.807) is 6.33 Å². The number of hydrogen-bond acceptors (Lipinski definition) is 4. The lowest BCUT2D eigenvalue weighted by Gasteiger charge is -2.10. The van der Waals surface area contributed by atoms with Crippen molar-refractivity contribution in [3.63, 3.8) is 0 Å². The van der Waals surface area contributed by atoms with Gasteiger partial charge in [0, 0.05) is 11.3 Å². The maximum Gasteiger partial charge on any atom is 0.141 e. The first-order valence-electron chi connectivity index (χ1n) is 7.45. The predicted octanol–water partition coefficient (Wildman–Crippen LogP) is 4.58. The Morgan fingerprint density at radius 3 is 2.65 bits per heavy atom. The molecule has 4 rings (SSSR count). The molecule has 0 aliphatic heterocycles. The van der Waals surface area contributed by atoms with E-state index >= 15 is 0 Å². The Morgan fingerprint density at radius 2 is 1.91 bits per heavy atom. The van der Waals surface area contributed by atoms with E-state index in [2.05, 4.69) is 32.6 Å². The number of H-pyrrole nitrogens is 1. The van der Waals surface area contributed by atoms with Crippen LogP contribution in [0.15, 0.2) is 53.3 Å². The van der Waals surface area contributed by atoms with Gasteiger partial charge in [0.1, 0.15) is 11.3 Å². The van der Waals surface area contributed by atoms with Gasteiger partial charge in [0.25, 0.3) is 0 Å². The Hall–Kier alpha value is -3.08. The van der Waals surface area contributed by atoms with Gasteiger partial charge in [0.15, 0.2) is 0 Å². The zero-order valence-electron chi connectivity index (χ0n) is 12.9. The first-order valence-corrected chi connectivity index (χ1v) is 7.45. The highest BCUT2D eigenvalue weighted by atomic mass is 16.5. The number of benzene rings is 2. The van der Waals surface area contributed by atoms with E-state index in [0.717, 1.165) is 45.0 Å². The second kappa shape index (κ2) is 5.28. The lowest BCUT2D eigenvalue weighted by molar-refractivity contribution is 0.393. The Kier molecular flexibility index (Phi) is 3.12. The molecule has 0 aliphatic carbocycles. The van der Waals surface area contributed by atoms with Crippen molar-refractivity contribution in [1.82, 2.24) is 15.1 Å². The standard InChI is InChI=1S/C18H16N4O/c1-11-17(12(2)23-22-11)13-8-15-18(20-10-19-15)16(9-13)21-14-6-4-3-5-7-14/h3-10,21H,1-2H3,(H,19,20). The van der Waals surface area contributed by atoms with Crippen molar-refractivity contribution in [2.45, 2.75) is 13.8 Å². The summed E-state index contributed by atoms with van der Waals surface area (Å²) in [5, 5.41) is 7.49. The molecular formula is C18H16N4O. The number of anilines is 2. The van der Waals surface area contributed by atoms with Gasteiger partial charge in [-0.3, -0.25) is 0 Å². The lowest BCUT2D eigenvalue weighted by atomic mass is 10.0. The quantitative estimate of drug-likeness (QED) is 0.581. The summed E-state index contributed by atoms with van der Waals surface area (Å²) in [4.78, 5) is 7.61. The number of para-hydroxylation sites is 1. The van der Waals surface area contributed by atoms with Crippen molar-refractivity contribution in [3.05, 3.63) is 60.2 Å². The van der Waals surface area contributed by atoms with E-state index in [4.69, 9.17) is 4.52 Å². The second-order valence-corrected chi connectivity index (χ2v) is 5.51. The number of rotatable bonds is 3. The van der Waals surface area contributed by atoms with Crippen LogP contribution in [0.3, 0.4) is 0 Å². The summed E-state index contributed by atoms with van der Waals surface area (Å²) < 4.78 is 5.31. The Bertz CT molecular complexity index is 950. The third-order valence-electron chi connectivity index (χ3n) is 3.90. The number of nitrogens with zero attached hydrogens (tertiary/aromatic N) is 2. The van der Waals surface area contributed by atoms with Crippen molar-refractivity contribution in [1.29, 1.82) is 0 Å². The Morgan fingerprint density at radius 1 is 1.09 bits per heavy atom. The van der Waals surface area contributed by atoms with E-state index < -0.39 is 0 Å². The van der Waals surface area contributed by atoms with Crippen LogP contribution in [0, 0.1) is 13.8 Å². The van der Waals surface area contributed by atoms with E-state index in [-0.39, 0.29) is 0 Å². The number of fused-ring (bicyclic) bond motifs is 1. The van der Waals surface area contributed by atoms with Gasteiger partial charge in [-0.1, -0.05) is 23.4 Å². The van der Waals surface area contributed by atoms with Crippen LogP contribution < -0.4 is 5.32 Å². The molecule has 0 amide bonds. The fourth-order valence-corrected chi connectivity index (χ4v) is 2.86. The SMILES string of the molecule is Cc1noc(C)c1-c1cc(Nc2ccccc2)c2nc[nH]c2c1. The number of aryl methyl sites for hydroxylation is 2. The van der Waals surface area contributed by atoms with Crippen molar-refractivity contribution in [3.8, 4) is 11.1 Å². The summed E-state index contributed by atoms with van der Waals surface area (Å²) in [6.07, 6.45) is 1.71. The molecule has 0 spiro atoms. The van der Waals surface area contributed by atoms with Crippen LogP contribution in [-0.4, -0.2) is 15.1 Å². The highest BCUT2D eigenvalue weighted by Crippen LogP contribution is 2.34. The molecular weight excluding hydrogens is 288 g/mol. The van der Waals surface area contributed by atoms with Crippen molar-refractivity contribution >= 4 is 22.4 Å². The molecule has 0 radical (unpaired) electrons. The van der Waals surface area contributed by atoms with E-state index in [0.29, 0.717) is 0 Å². The first-order chi connectivity index (χ1) is 11.2. The zero-order valence-corrected chi connectivity index (χ0v) is 12.9. The average Bonchev–Trinajstić information content (AvgIpc) is 3.15. The molecule has 2 heterocycles. The maximum absolute atomic E-state index is 5.31. The normalized spacial score (nSPS) is 11.0. The summed E-state index contributed by atoms with van der Waals surface area (Å²) in [5.41, 5.74) is 6.81. The van der Waals surface area contributed by atoms with Gasteiger partial charge in [-0.2, -0.15) is 0 Å². The molecule has 0 saturated heterocycles. The summed E-state index contributed by atoms with van der Waals surface area (Å²) in [6.45, 7) is 3.88. The van der Waals surface area contributed by atoms with Crippen LogP contribution in [0.4, 0.5) is 11.4 Å². The van der Waals surface area contributed by atoms with Crippen LogP contribution in [0.5, 0.6) is 0 Å².